The first-order valence-electron chi connectivity index (χ1n) is 13.2. The minimum Gasteiger partial charge on any atom is -0.495 e. The zero-order chi connectivity index (χ0) is 26.2. The summed E-state index contributed by atoms with van der Waals surface area (Å²) < 4.78 is 8.32. The Morgan fingerprint density at radius 2 is 1.70 bits per heavy atom. The number of aromatic nitrogens is 2. The van der Waals surface area contributed by atoms with Gasteiger partial charge in [0.2, 0.25) is 0 Å². The molecular weight excluding hydrogens is 468 g/mol. The Hall–Kier alpha value is -3.36. The number of benzene rings is 2. The standard InChI is InChI=1S/C29H38N4O4/c1-3-4-5-10-23(34)15-16-32-25-12-7-6-11-24(25)28(35)33(29(32)36)22-19-30-17-20-31(21-18-30)26-13-8-9-14-27(26)37-2/h6-9,11-16,23,34H,3-5,10,17-22H2,1-2H3. The number of aliphatic hydroxyl groups is 1. The smallest absolute Gasteiger partial charge is 0.335 e. The van der Waals surface area contributed by atoms with Crippen LogP contribution in [0.3, 0.4) is 0 Å². The number of para-hydroxylation sites is 3. The van der Waals surface area contributed by atoms with Crippen molar-refractivity contribution in [3.63, 3.8) is 0 Å². The molecule has 37 heavy (non-hydrogen) atoms. The first-order valence-corrected chi connectivity index (χ1v) is 13.2. The summed E-state index contributed by atoms with van der Waals surface area (Å²) in [6.45, 7) is 6.39. The van der Waals surface area contributed by atoms with Crippen molar-refractivity contribution in [1.82, 2.24) is 14.0 Å². The molecule has 1 unspecified atom stereocenters. The van der Waals surface area contributed by atoms with Crippen molar-refractivity contribution in [2.24, 2.45) is 0 Å². The average Bonchev–Trinajstić information content (AvgIpc) is 2.93. The molecule has 0 bridgehead atoms. The predicted octanol–water partition coefficient (Wildman–Crippen LogP) is 3.41. The Balaban J connectivity index is 1.48. The second-order valence-corrected chi connectivity index (χ2v) is 9.53. The molecule has 198 valence electrons. The van der Waals surface area contributed by atoms with Crippen LogP contribution >= 0.6 is 0 Å². The molecule has 1 N–H and O–H groups in total. The molecule has 1 aliphatic rings. The third-order valence-corrected chi connectivity index (χ3v) is 7.07. The van der Waals surface area contributed by atoms with Gasteiger partial charge in [0.05, 0.1) is 29.8 Å². The van der Waals surface area contributed by atoms with E-state index in [1.807, 2.05) is 30.3 Å². The molecule has 0 spiro atoms. The number of ether oxygens (including phenoxy) is 1. The van der Waals surface area contributed by atoms with Crippen LogP contribution < -0.4 is 20.9 Å². The summed E-state index contributed by atoms with van der Waals surface area (Å²) in [5, 5.41) is 10.8. The van der Waals surface area contributed by atoms with E-state index in [-0.39, 0.29) is 11.2 Å². The van der Waals surface area contributed by atoms with Gasteiger partial charge in [0.15, 0.2) is 0 Å². The topological polar surface area (TPSA) is 79.9 Å². The Morgan fingerprint density at radius 3 is 2.46 bits per heavy atom. The monoisotopic (exact) mass is 506 g/mol. The maximum Gasteiger partial charge on any atom is 0.335 e. The van der Waals surface area contributed by atoms with Gasteiger partial charge in [0, 0.05) is 45.5 Å². The van der Waals surface area contributed by atoms with Crippen LogP contribution in [0.15, 0.2) is 64.2 Å². The largest absolute Gasteiger partial charge is 0.495 e. The molecule has 1 aliphatic heterocycles. The molecule has 1 atom stereocenters. The number of anilines is 1. The lowest BCUT2D eigenvalue weighted by Crippen LogP contribution is -2.49. The lowest BCUT2D eigenvalue weighted by atomic mass is 10.1. The second-order valence-electron chi connectivity index (χ2n) is 9.53. The number of fused-ring (bicyclic) bond motifs is 1. The maximum atomic E-state index is 13.4. The van der Waals surface area contributed by atoms with Crippen molar-refractivity contribution in [2.75, 3.05) is 44.7 Å². The van der Waals surface area contributed by atoms with Gasteiger partial charge >= 0.3 is 5.69 Å². The van der Waals surface area contributed by atoms with Gasteiger partial charge in [-0.3, -0.25) is 18.8 Å². The molecular formula is C29H38N4O4. The Bertz CT molecular complexity index is 1320. The van der Waals surface area contributed by atoms with E-state index in [9.17, 15) is 14.7 Å². The average molecular weight is 507 g/mol. The number of rotatable bonds is 11. The summed E-state index contributed by atoms with van der Waals surface area (Å²) >= 11 is 0. The fourth-order valence-corrected chi connectivity index (χ4v) is 4.90. The highest BCUT2D eigenvalue weighted by Crippen LogP contribution is 2.28. The van der Waals surface area contributed by atoms with Crippen LogP contribution in [0, 0.1) is 0 Å². The summed E-state index contributed by atoms with van der Waals surface area (Å²) in [6, 6.07) is 15.2. The summed E-state index contributed by atoms with van der Waals surface area (Å²) in [6.07, 6.45) is 6.36. The summed E-state index contributed by atoms with van der Waals surface area (Å²) in [5.74, 6) is 0.864. The highest BCUT2D eigenvalue weighted by atomic mass is 16.5. The van der Waals surface area contributed by atoms with E-state index in [0.29, 0.717) is 30.4 Å². The number of nitrogens with zero attached hydrogens (tertiary/aromatic N) is 4. The van der Waals surface area contributed by atoms with Crippen molar-refractivity contribution in [1.29, 1.82) is 0 Å². The highest BCUT2D eigenvalue weighted by molar-refractivity contribution is 5.79. The maximum absolute atomic E-state index is 13.4. The number of piperazine rings is 1. The van der Waals surface area contributed by atoms with E-state index in [1.165, 1.54) is 9.13 Å². The van der Waals surface area contributed by atoms with Gasteiger partial charge in [-0.2, -0.15) is 0 Å². The molecule has 0 aliphatic carbocycles. The molecule has 0 radical (unpaired) electrons. The summed E-state index contributed by atoms with van der Waals surface area (Å²) in [5.41, 5.74) is 0.980. The molecule has 8 heteroatoms. The van der Waals surface area contributed by atoms with Crippen LogP contribution in [0.1, 0.15) is 32.6 Å². The number of hydrogen-bond donors (Lipinski definition) is 1. The van der Waals surface area contributed by atoms with E-state index in [0.717, 1.165) is 56.9 Å². The van der Waals surface area contributed by atoms with Crippen LogP contribution in [-0.2, 0) is 6.54 Å². The van der Waals surface area contributed by atoms with Gasteiger partial charge in [-0.25, -0.2) is 4.79 Å². The van der Waals surface area contributed by atoms with Crippen LogP contribution in [-0.4, -0.2) is 65.1 Å². The molecule has 1 fully saturated rings. The zero-order valence-corrected chi connectivity index (χ0v) is 21.9. The van der Waals surface area contributed by atoms with Gasteiger partial charge in [-0.05, 0) is 36.8 Å². The van der Waals surface area contributed by atoms with Crippen LogP contribution in [0.5, 0.6) is 5.75 Å². The number of methoxy groups -OCH3 is 1. The molecule has 1 saturated heterocycles. The van der Waals surface area contributed by atoms with E-state index < -0.39 is 6.10 Å². The van der Waals surface area contributed by atoms with Crippen molar-refractivity contribution < 1.29 is 9.84 Å². The van der Waals surface area contributed by atoms with Gasteiger partial charge in [-0.1, -0.05) is 50.5 Å². The highest BCUT2D eigenvalue weighted by Gasteiger charge is 2.20. The fraction of sp³-hybridized carbons (Fsp3) is 0.448. The molecule has 2 heterocycles. The molecule has 0 amide bonds. The van der Waals surface area contributed by atoms with Crippen molar-refractivity contribution in [3.8, 4) is 5.75 Å². The first kappa shape index (κ1) is 26.7. The van der Waals surface area contributed by atoms with Crippen LogP contribution in [0.4, 0.5) is 5.69 Å². The Morgan fingerprint density at radius 1 is 0.973 bits per heavy atom. The summed E-state index contributed by atoms with van der Waals surface area (Å²) in [4.78, 5) is 31.2. The fourth-order valence-electron chi connectivity index (χ4n) is 4.90. The van der Waals surface area contributed by atoms with Gasteiger partial charge in [-0.15, -0.1) is 0 Å². The molecule has 1 aromatic heterocycles. The van der Waals surface area contributed by atoms with Gasteiger partial charge in [0.1, 0.15) is 5.75 Å². The second kappa shape index (κ2) is 12.7. The minimum absolute atomic E-state index is 0.276. The number of unbranched alkanes of at least 4 members (excludes halogenated alkanes) is 2. The molecule has 4 rings (SSSR count). The van der Waals surface area contributed by atoms with E-state index in [4.69, 9.17) is 4.74 Å². The first-order chi connectivity index (χ1) is 18.0. The van der Waals surface area contributed by atoms with Gasteiger partial charge in [0.25, 0.3) is 5.56 Å². The zero-order valence-electron chi connectivity index (χ0n) is 21.9. The molecule has 3 aromatic rings. The minimum atomic E-state index is -0.628. The predicted molar refractivity (Wildman–Crippen MR) is 150 cm³/mol. The van der Waals surface area contributed by atoms with E-state index in [1.54, 1.807) is 31.5 Å². The Kier molecular flexibility index (Phi) is 9.19. The third-order valence-electron chi connectivity index (χ3n) is 7.07. The van der Waals surface area contributed by atoms with Crippen molar-refractivity contribution in [2.45, 2.75) is 45.3 Å². The van der Waals surface area contributed by atoms with Gasteiger partial charge < -0.3 is 14.7 Å². The van der Waals surface area contributed by atoms with Crippen LogP contribution in [0.25, 0.3) is 17.1 Å². The number of aliphatic hydroxyl groups excluding tert-OH is 1. The third kappa shape index (κ3) is 6.32. The lowest BCUT2D eigenvalue weighted by molar-refractivity contribution is 0.209. The summed E-state index contributed by atoms with van der Waals surface area (Å²) in [7, 11) is 1.69. The molecule has 2 aromatic carbocycles. The normalized spacial score (nSPS) is 15.5. The quantitative estimate of drug-likeness (QED) is 0.402. The molecule has 8 nitrogen and oxygen atoms in total. The van der Waals surface area contributed by atoms with E-state index >= 15 is 0 Å². The van der Waals surface area contributed by atoms with Crippen molar-refractivity contribution >= 4 is 22.8 Å². The van der Waals surface area contributed by atoms with E-state index in [2.05, 4.69) is 22.8 Å². The molecule has 0 saturated carbocycles. The van der Waals surface area contributed by atoms with Crippen LogP contribution in [0.2, 0.25) is 0 Å². The lowest BCUT2D eigenvalue weighted by Gasteiger charge is -2.36. The number of hydrogen-bond acceptors (Lipinski definition) is 6. The van der Waals surface area contributed by atoms with Crippen molar-refractivity contribution in [3.05, 3.63) is 75.4 Å². The Labute approximate surface area is 218 Å². The SMILES string of the molecule is CCCCCC(O)C=Cn1c(=O)n(CCN2CCN(c3ccccc3OC)CC2)c(=O)c2ccccc21.